The summed E-state index contributed by atoms with van der Waals surface area (Å²) >= 11 is 12.4. The molecule has 1 aliphatic rings. The summed E-state index contributed by atoms with van der Waals surface area (Å²) < 4.78 is 0.606. The Bertz CT molecular complexity index is 90.0. The molecule has 0 aromatic carbocycles. The lowest BCUT2D eigenvalue weighted by Gasteiger charge is -2.11. The van der Waals surface area contributed by atoms with Crippen molar-refractivity contribution in [3.8, 4) is 0 Å². The zero-order valence-electron chi connectivity index (χ0n) is 4.50. The molecule has 0 aromatic heterocycles. The van der Waals surface area contributed by atoms with E-state index < -0.39 is 0 Å². The second-order valence-corrected chi connectivity index (χ2v) is 7.57. The Morgan fingerprint density at radius 1 is 1.75 bits per heavy atom. The van der Waals surface area contributed by atoms with Gasteiger partial charge in [0.05, 0.1) is 4.58 Å². The van der Waals surface area contributed by atoms with Gasteiger partial charge in [-0.05, 0) is 6.92 Å². The predicted molar refractivity (Wildman–Crippen MR) is 50.2 cm³/mol. The van der Waals surface area contributed by atoms with Crippen LogP contribution in [0.1, 0.15) is 6.92 Å². The van der Waals surface area contributed by atoms with E-state index in [-0.39, 0.29) is 3.41 Å². The summed E-state index contributed by atoms with van der Waals surface area (Å²) in [7, 11) is 0. The van der Waals surface area contributed by atoms with Crippen LogP contribution in [0.15, 0.2) is 0 Å². The summed E-state index contributed by atoms with van der Waals surface area (Å²) in [5.74, 6) is 1.12. The number of thiol groups is 2. The second kappa shape index (κ2) is 2.56. The smallest absolute Gasteiger partial charge is 0.102 e. The van der Waals surface area contributed by atoms with E-state index in [4.69, 9.17) is 0 Å². The van der Waals surface area contributed by atoms with E-state index >= 15 is 0 Å². The van der Waals surface area contributed by atoms with E-state index in [2.05, 4.69) is 32.2 Å². The van der Waals surface area contributed by atoms with E-state index in [1.54, 1.807) is 0 Å². The molecule has 48 valence electrons. The van der Waals surface area contributed by atoms with Gasteiger partial charge in [-0.25, -0.2) is 0 Å². The van der Waals surface area contributed by atoms with Crippen LogP contribution in [0.4, 0.5) is 0 Å². The highest BCUT2D eigenvalue weighted by Gasteiger charge is 2.31. The second-order valence-electron chi connectivity index (χ2n) is 1.78. The molecule has 4 heteroatoms. The van der Waals surface area contributed by atoms with Crippen LogP contribution in [-0.4, -0.2) is 13.7 Å². The summed E-state index contributed by atoms with van der Waals surface area (Å²) in [6.07, 6.45) is 0. The van der Waals surface area contributed by atoms with Crippen molar-refractivity contribution >= 4 is 48.8 Å². The van der Waals surface area contributed by atoms with E-state index in [1.165, 1.54) is 0 Å². The van der Waals surface area contributed by atoms with Gasteiger partial charge in [0.25, 0.3) is 0 Å². The Labute approximate surface area is 69.4 Å². The largest absolute Gasteiger partial charge is 0.164 e. The summed E-state index contributed by atoms with van der Waals surface area (Å²) in [6, 6.07) is 0. The molecule has 1 aliphatic heterocycles. The monoisotopic (exact) mass is 184 g/mol. The molecule has 0 N–H and O–H groups in total. The van der Waals surface area contributed by atoms with Gasteiger partial charge in [-0.1, -0.05) is 0 Å². The summed E-state index contributed by atoms with van der Waals surface area (Å²) in [6.45, 7) is 2.11. The van der Waals surface area contributed by atoms with Gasteiger partial charge in [-0.2, -0.15) is 25.3 Å². The van der Waals surface area contributed by atoms with Crippen molar-refractivity contribution < 1.29 is 0 Å². The molecule has 0 bridgehead atoms. The molecule has 2 atom stereocenters. The quantitative estimate of drug-likeness (QED) is 0.555. The molecule has 0 aliphatic carbocycles. The normalized spacial score (nSPS) is 47.6. The Hall–Kier alpha value is 1.40. The van der Waals surface area contributed by atoms with E-state index in [0.29, 0.717) is 4.58 Å². The first-order valence-electron chi connectivity index (χ1n) is 2.32. The van der Waals surface area contributed by atoms with Gasteiger partial charge in [0, 0.05) is 5.75 Å². The number of hydrogen-bond donors (Lipinski definition) is 2. The number of thioether (sulfide) groups is 2. The van der Waals surface area contributed by atoms with Gasteiger partial charge in [0.1, 0.15) is 3.41 Å². The fourth-order valence-corrected chi connectivity index (χ4v) is 4.73. The molecule has 2 unspecified atom stereocenters. The third kappa shape index (κ3) is 1.97. The molecule has 0 aromatic rings. The van der Waals surface area contributed by atoms with Crippen molar-refractivity contribution in [3.63, 3.8) is 0 Å². The molecule has 0 nitrogen and oxygen atoms in total. The van der Waals surface area contributed by atoms with Crippen LogP contribution in [0.2, 0.25) is 0 Å². The van der Waals surface area contributed by atoms with Crippen molar-refractivity contribution in [1.82, 2.24) is 0 Å². The van der Waals surface area contributed by atoms with Gasteiger partial charge in [-0.15, -0.1) is 23.5 Å². The van der Waals surface area contributed by atoms with Crippen LogP contribution in [0, 0.1) is 0 Å². The molecular weight excluding hydrogens is 176 g/mol. The lowest BCUT2D eigenvalue weighted by molar-refractivity contribution is 1.36. The molecular formula is C4H8S4. The first-order valence-corrected chi connectivity index (χ1v) is 5.15. The molecule has 0 spiro atoms. The molecule has 1 fully saturated rings. The molecule has 1 heterocycles. The SMILES string of the molecule is CC1(S)SCC(S)S1. The van der Waals surface area contributed by atoms with Gasteiger partial charge in [0.2, 0.25) is 0 Å². The summed E-state index contributed by atoms with van der Waals surface area (Å²) in [5, 5.41) is 0. The standard InChI is InChI=1S/C4H8S4/c1-4(6)7-2-3(5)8-4/h3,5-6H,2H2,1H3. The summed E-state index contributed by atoms with van der Waals surface area (Å²) in [4.78, 5) is 0. The van der Waals surface area contributed by atoms with Gasteiger partial charge in [0.15, 0.2) is 0 Å². The predicted octanol–water partition coefficient (Wildman–Crippen LogP) is 2.33. The lowest BCUT2D eigenvalue weighted by Crippen LogP contribution is -1.97. The van der Waals surface area contributed by atoms with Crippen molar-refractivity contribution in [2.75, 3.05) is 5.75 Å². The number of rotatable bonds is 0. The van der Waals surface area contributed by atoms with Crippen molar-refractivity contribution in [2.45, 2.75) is 14.9 Å². The zero-order chi connectivity index (χ0) is 6.20. The third-order valence-electron chi connectivity index (χ3n) is 0.848. The van der Waals surface area contributed by atoms with Crippen LogP contribution in [0.3, 0.4) is 0 Å². The van der Waals surface area contributed by atoms with Crippen LogP contribution in [-0.2, 0) is 0 Å². The van der Waals surface area contributed by atoms with E-state index in [1.807, 2.05) is 23.5 Å². The van der Waals surface area contributed by atoms with Crippen LogP contribution in [0.5, 0.6) is 0 Å². The highest BCUT2D eigenvalue weighted by Crippen LogP contribution is 2.51. The molecule has 0 radical (unpaired) electrons. The maximum absolute atomic E-state index is 4.39. The summed E-state index contributed by atoms with van der Waals surface area (Å²) in [5.41, 5.74) is 0. The lowest BCUT2D eigenvalue weighted by atomic mass is 10.9. The van der Waals surface area contributed by atoms with Crippen molar-refractivity contribution in [2.24, 2.45) is 0 Å². The fraction of sp³-hybridized carbons (Fsp3) is 1.00. The zero-order valence-corrected chi connectivity index (χ0v) is 7.92. The molecule has 0 saturated carbocycles. The maximum atomic E-state index is 4.39. The Morgan fingerprint density at radius 3 is 2.50 bits per heavy atom. The molecule has 0 amide bonds. The van der Waals surface area contributed by atoms with Crippen molar-refractivity contribution in [1.29, 1.82) is 0 Å². The van der Waals surface area contributed by atoms with Crippen LogP contribution < -0.4 is 0 Å². The average Bonchev–Trinajstić information content (AvgIpc) is 1.82. The topological polar surface area (TPSA) is 0 Å². The van der Waals surface area contributed by atoms with E-state index in [9.17, 15) is 0 Å². The van der Waals surface area contributed by atoms with Crippen LogP contribution >= 0.6 is 48.8 Å². The average molecular weight is 184 g/mol. The molecule has 1 saturated heterocycles. The van der Waals surface area contributed by atoms with Gasteiger partial charge in [-0.3, -0.25) is 0 Å². The van der Waals surface area contributed by atoms with Crippen molar-refractivity contribution in [3.05, 3.63) is 0 Å². The minimum Gasteiger partial charge on any atom is -0.164 e. The minimum absolute atomic E-state index is 0.117. The van der Waals surface area contributed by atoms with E-state index in [0.717, 1.165) is 5.75 Å². The first-order chi connectivity index (χ1) is 3.60. The molecule has 1 rings (SSSR count). The highest BCUT2D eigenvalue weighted by atomic mass is 32.3. The third-order valence-corrected chi connectivity index (χ3v) is 5.06. The molecule has 8 heavy (non-hydrogen) atoms. The number of hydrogen-bond acceptors (Lipinski definition) is 4. The Balaban J connectivity index is 2.44. The maximum Gasteiger partial charge on any atom is 0.102 e. The first kappa shape index (κ1) is 7.51. The highest BCUT2D eigenvalue weighted by molar-refractivity contribution is 8.34. The minimum atomic E-state index is 0.117. The van der Waals surface area contributed by atoms with Gasteiger partial charge < -0.3 is 0 Å². The fourth-order valence-electron chi connectivity index (χ4n) is 0.546. The Kier molecular flexibility index (Phi) is 2.40. The van der Waals surface area contributed by atoms with Crippen LogP contribution in [0.25, 0.3) is 0 Å². The van der Waals surface area contributed by atoms with Gasteiger partial charge >= 0.3 is 0 Å². The Morgan fingerprint density at radius 2 is 2.38 bits per heavy atom.